The molecule has 0 aliphatic heterocycles. The van der Waals surface area contributed by atoms with Gasteiger partial charge in [0.1, 0.15) is 23.2 Å². The van der Waals surface area contributed by atoms with Crippen molar-refractivity contribution in [2.24, 2.45) is 4.99 Å². The first-order chi connectivity index (χ1) is 12.2. The minimum absolute atomic E-state index is 0.315. The number of hydrogen-bond acceptors (Lipinski definition) is 5. The molecule has 3 aromatic rings. The average Bonchev–Trinajstić information content (AvgIpc) is 3.04. The fourth-order valence-corrected chi connectivity index (χ4v) is 2.25. The predicted octanol–water partition coefficient (Wildman–Crippen LogP) is 4.44. The number of nitrogens with one attached hydrogen (secondary N) is 2. The predicted molar refractivity (Wildman–Crippen MR) is 98.3 cm³/mol. The molecule has 0 aliphatic carbocycles. The normalized spacial score (nSPS) is 10.6. The van der Waals surface area contributed by atoms with Gasteiger partial charge in [-0.05, 0) is 54.1 Å². The number of benzene rings is 2. The number of H-pyrrole nitrogens is 1. The number of aliphatic imine (C=N–C) groups is 1. The molecular weight excluding hydrogens is 338 g/mol. The third-order valence-corrected chi connectivity index (χ3v) is 3.68. The second-order valence-corrected chi connectivity index (χ2v) is 5.51. The van der Waals surface area contributed by atoms with Crippen LogP contribution in [0.3, 0.4) is 0 Å². The molecule has 3 rings (SSSR count). The number of aromatic nitrogens is 2. The highest BCUT2D eigenvalue weighted by molar-refractivity contribution is 6.30. The molecule has 0 amide bonds. The number of aromatic amines is 1. The summed E-state index contributed by atoms with van der Waals surface area (Å²) in [7, 11) is 1.61. The molecule has 1 aromatic heterocycles. The van der Waals surface area contributed by atoms with E-state index in [0.717, 1.165) is 17.0 Å². The van der Waals surface area contributed by atoms with Gasteiger partial charge >= 0.3 is 0 Å². The Bertz CT molecular complexity index is 924. The lowest BCUT2D eigenvalue weighted by Gasteiger charge is -2.03. The Hall–Kier alpha value is -3.30. The molecule has 25 heavy (non-hydrogen) atoms. The first kappa shape index (κ1) is 16.6. The summed E-state index contributed by atoms with van der Waals surface area (Å²) in [6, 6.07) is 16.7. The Morgan fingerprint density at radius 3 is 2.56 bits per heavy atom. The fourth-order valence-electron chi connectivity index (χ4n) is 2.13. The van der Waals surface area contributed by atoms with E-state index in [2.05, 4.69) is 26.6 Å². The monoisotopic (exact) mass is 351 g/mol. The molecule has 2 N–H and O–H groups in total. The van der Waals surface area contributed by atoms with Crippen molar-refractivity contribution in [3.63, 3.8) is 0 Å². The summed E-state index contributed by atoms with van der Waals surface area (Å²) in [5.41, 5.74) is 2.00. The lowest BCUT2D eigenvalue weighted by molar-refractivity contribution is 0.415. The summed E-state index contributed by atoms with van der Waals surface area (Å²) in [5, 5.41) is 20.0. The molecule has 0 unspecified atom stereocenters. The highest BCUT2D eigenvalue weighted by atomic mass is 35.5. The van der Waals surface area contributed by atoms with Gasteiger partial charge in [-0.25, -0.2) is 4.99 Å². The molecule has 0 aliphatic rings. The summed E-state index contributed by atoms with van der Waals surface area (Å²) in [6.45, 7) is 0. The van der Waals surface area contributed by atoms with Gasteiger partial charge in [0.15, 0.2) is 5.82 Å². The quantitative estimate of drug-likeness (QED) is 0.665. The zero-order valence-corrected chi connectivity index (χ0v) is 14.1. The maximum atomic E-state index is 9.41. The highest BCUT2D eigenvalue weighted by Gasteiger charge is 2.12. The molecule has 124 valence electrons. The van der Waals surface area contributed by atoms with Crippen molar-refractivity contribution >= 4 is 35.1 Å². The van der Waals surface area contributed by atoms with Gasteiger partial charge in [-0.1, -0.05) is 11.6 Å². The first-order valence-corrected chi connectivity index (χ1v) is 7.76. The third kappa shape index (κ3) is 3.97. The average molecular weight is 352 g/mol. The van der Waals surface area contributed by atoms with Crippen LogP contribution in [0.5, 0.6) is 5.75 Å². The summed E-state index contributed by atoms with van der Waals surface area (Å²) in [6.07, 6.45) is 1.64. The molecular formula is C18H14ClN5O. The molecule has 1 heterocycles. The number of nitriles is 1. The molecule has 0 bridgehead atoms. The van der Waals surface area contributed by atoms with Gasteiger partial charge in [-0.3, -0.25) is 5.10 Å². The van der Waals surface area contributed by atoms with E-state index in [0.29, 0.717) is 22.2 Å². The standard InChI is InChI=1S/C18H14ClN5O/c1-25-15-8-2-12(3-9-15)11-21-17-16(10-20)18(24-23-17)22-14-6-4-13(19)5-7-14/h2-9,11H,1H3,(H2,22,23,24). The van der Waals surface area contributed by atoms with Crippen molar-refractivity contribution in [2.45, 2.75) is 0 Å². The molecule has 0 radical (unpaired) electrons. The second-order valence-electron chi connectivity index (χ2n) is 5.07. The largest absolute Gasteiger partial charge is 0.497 e. The zero-order valence-electron chi connectivity index (χ0n) is 13.3. The van der Waals surface area contributed by atoms with Crippen molar-refractivity contribution in [3.05, 3.63) is 64.7 Å². The minimum Gasteiger partial charge on any atom is -0.497 e. The lowest BCUT2D eigenvalue weighted by atomic mass is 10.2. The van der Waals surface area contributed by atoms with Crippen LogP contribution < -0.4 is 10.1 Å². The lowest BCUT2D eigenvalue weighted by Crippen LogP contribution is -1.92. The second kappa shape index (κ2) is 7.51. The smallest absolute Gasteiger partial charge is 0.193 e. The van der Waals surface area contributed by atoms with Crippen molar-refractivity contribution in [2.75, 3.05) is 12.4 Å². The summed E-state index contributed by atoms with van der Waals surface area (Å²) >= 11 is 5.87. The van der Waals surface area contributed by atoms with Gasteiger partial charge in [0, 0.05) is 16.9 Å². The number of hydrogen-bond donors (Lipinski definition) is 2. The number of anilines is 2. The van der Waals surface area contributed by atoms with Gasteiger partial charge in [-0.15, -0.1) is 0 Å². The number of halogens is 1. The molecule has 2 aromatic carbocycles. The van der Waals surface area contributed by atoms with Crippen LogP contribution >= 0.6 is 11.6 Å². The maximum absolute atomic E-state index is 9.41. The summed E-state index contributed by atoms with van der Waals surface area (Å²) in [4.78, 5) is 4.29. The van der Waals surface area contributed by atoms with Crippen LogP contribution in [-0.4, -0.2) is 23.5 Å². The van der Waals surface area contributed by atoms with E-state index < -0.39 is 0 Å². The number of methoxy groups -OCH3 is 1. The molecule has 0 saturated heterocycles. The van der Waals surface area contributed by atoms with Gasteiger partial charge in [0.05, 0.1) is 7.11 Å². The Kier molecular flexibility index (Phi) is 4.97. The van der Waals surface area contributed by atoms with Gasteiger partial charge in [-0.2, -0.15) is 10.4 Å². The van der Waals surface area contributed by atoms with E-state index in [1.54, 1.807) is 25.5 Å². The molecule has 0 fully saturated rings. The van der Waals surface area contributed by atoms with E-state index in [1.165, 1.54) is 0 Å². The molecule has 0 atom stereocenters. The van der Waals surface area contributed by atoms with Gasteiger partial charge in [0.25, 0.3) is 0 Å². The van der Waals surface area contributed by atoms with Crippen LogP contribution in [0.2, 0.25) is 5.02 Å². The number of nitrogens with zero attached hydrogens (tertiary/aromatic N) is 3. The van der Waals surface area contributed by atoms with Crippen LogP contribution in [0.25, 0.3) is 0 Å². The fraction of sp³-hybridized carbons (Fsp3) is 0.0556. The van der Waals surface area contributed by atoms with Crippen LogP contribution in [0.15, 0.2) is 53.5 Å². The van der Waals surface area contributed by atoms with E-state index in [1.807, 2.05) is 36.4 Å². The highest BCUT2D eigenvalue weighted by Crippen LogP contribution is 2.26. The van der Waals surface area contributed by atoms with Crippen molar-refractivity contribution in [3.8, 4) is 11.8 Å². The summed E-state index contributed by atoms with van der Waals surface area (Å²) < 4.78 is 5.11. The van der Waals surface area contributed by atoms with Crippen molar-refractivity contribution in [1.82, 2.24) is 10.2 Å². The number of ether oxygens (including phenoxy) is 1. The topological polar surface area (TPSA) is 86.1 Å². The van der Waals surface area contributed by atoms with Gasteiger partial charge in [0.2, 0.25) is 0 Å². The Balaban J connectivity index is 1.80. The van der Waals surface area contributed by atoms with Crippen LogP contribution in [0, 0.1) is 11.3 Å². The molecule has 0 spiro atoms. The van der Waals surface area contributed by atoms with E-state index >= 15 is 0 Å². The summed E-state index contributed by atoms with van der Waals surface area (Å²) in [5.74, 6) is 1.56. The maximum Gasteiger partial charge on any atom is 0.193 e. The van der Waals surface area contributed by atoms with Crippen LogP contribution in [0.4, 0.5) is 17.3 Å². The van der Waals surface area contributed by atoms with E-state index in [-0.39, 0.29) is 0 Å². The van der Waals surface area contributed by atoms with E-state index in [9.17, 15) is 5.26 Å². The van der Waals surface area contributed by atoms with E-state index in [4.69, 9.17) is 16.3 Å². The third-order valence-electron chi connectivity index (χ3n) is 3.42. The van der Waals surface area contributed by atoms with Crippen molar-refractivity contribution in [1.29, 1.82) is 5.26 Å². The Morgan fingerprint density at radius 1 is 1.20 bits per heavy atom. The van der Waals surface area contributed by atoms with Crippen LogP contribution in [-0.2, 0) is 0 Å². The first-order valence-electron chi connectivity index (χ1n) is 7.39. The van der Waals surface area contributed by atoms with Crippen LogP contribution in [0.1, 0.15) is 11.1 Å². The van der Waals surface area contributed by atoms with Crippen molar-refractivity contribution < 1.29 is 4.74 Å². The number of rotatable bonds is 5. The SMILES string of the molecule is COc1ccc(C=Nc2n[nH]c(Nc3ccc(Cl)cc3)c2C#N)cc1. The van der Waals surface area contributed by atoms with Gasteiger partial charge < -0.3 is 10.1 Å². The molecule has 6 nitrogen and oxygen atoms in total. The Labute approximate surface area is 149 Å². The minimum atomic E-state index is 0.315. The zero-order chi connectivity index (χ0) is 17.6. The molecule has 0 saturated carbocycles. The molecule has 7 heteroatoms. The Morgan fingerprint density at radius 2 is 1.92 bits per heavy atom.